The number of fused-ring (bicyclic) bond motifs is 1. The Hall–Kier alpha value is -1.24. The van der Waals surface area contributed by atoms with Gasteiger partial charge in [-0.25, -0.2) is 0 Å². The van der Waals surface area contributed by atoms with Crippen LogP contribution < -0.4 is 0 Å². The van der Waals surface area contributed by atoms with Gasteiger partial charge in [0.05, 0.1) is 0 Å². The molecule has 0 radical (unpaired) electrons. The van der Waals surface area contributed by atoms with Crippen molar-refractivity contribution in [1.82, 2.24) is 4.57 Å². The summed E-state index contributed by atoms with van der Waals surface area (Å²) in [7, 11) is 0. The molecule has 1 heterocycles. The largest absolute Gasteiger partial charge is 0.345 e. The molecule has 92 valence electrons. The zero-order valence-electron chi connectivity index (χ0n) is 11.1. The van der Waals surface area contributed by atoms with Crippen LogP contribution in [0.1, 0.15) is 45.2 Å². The summed E-state index contributed by atoms with van der Waals surface area (Å²) in [6, 6.07) is 11.1. The number of aryl methyl sites for hydroxylation is 2. The highest BCUT2D eigenvalue weighted by Gasteiger charge is 2.07. The Balaban J connectivity index is 2.34. The van der Waals surface area contributed by atoms with Crippen LogP contribution in [0, 0.1) is 0 Å². The minimum absolute atomic E-state index is 1.17. The van der Waals surface area contributed by atoms with Crippen molar-refractivity contribution in [3.8, 4) is 0 Å². The Kier molecular flexibility index (Phi) is 4.24. The number of aromatic nitrogens is 1. The Morgan fingerprint density at radius 1 is 1.00 bits per heavy atom. The maximum Gasteiger partial charge on any atom is 0.0482 e. The minimum atomic E-state index is 1.17. The van der Waals surface area contributed by atoms with E-state index in [9.17, 15) is 0 Å². The van der Waals surface area contributed by atoms with Gasteiger partial charge in [0.15, 0.2) is 0 Å². The predicted molar refractivity (Wildman–Crippen MR) is 75.5 cm³/mol. The molecular weight excluding hydrogens is 206 g/mol. The lowest BCUT2D eigenvalue weighted by Crippen LogP contribution is -2.02. The zero-order valence-corrected chi connectivity index (χ0v) is 11.1. The van der Waals surface area contributed by atoms with Gasteiger partial charge in [-0.3, -0.25) is 0 Å². The molecule has 1 heteroatoms. The van der Waals surface area contributed by atoms with Gasteiger partial charge in [-0.2, -0.15) is 0 Å². The van der Waals surface area contributed by atoms with Crippen LogP contribution in [0.3, 0.4) is 0 Å². The van der Waals surface area contributed by atoms with Crippen molar-refractivity contribution in [3.63, 3.8) is 0 Å². The fraction of sp³-hybridized carbons (Fsp3) is 0.500. The molecular formula is C16H23N. The molecule has 1 aromatic carbocycles. The summed E-state index contributed by atoms with van der Waals surface area (Å²) in [6.07, 6.45) is 6.32. The third-order valence-electron chi connectivity index (χ3n) is 3.42. The van der Waals surface area contributed by atoms with E-state index in [1.165, 1.54) is 55.2 Å². The summed E-state index contributed by atoms with van der Waals surface area (Å²) < 4.78 is 2.52. The zero-order chi connectivity index (χ0) is 12.1. The van der Waals surface area contributed by atoms with Crippen molar-refractivity contribution in [3.05, 3.63) is 36.0 Å². The van der Waals surface area contributed by atoms with E-state index in [2.05, 4.69) is 48.7 Å². The Labute approximate surface area is 104 Å². The average Bonchev–Trinajstić information content (AvgIpc) is 2.71. The highest BCUT2D eigenvalue weighted by Crippen LogP contribution is 2.21. The number of para-hydroxylation sites is 1. The lowest BCUT2D eigenvalue weighted by atomic mass is 10.2. The number of nitrogens with zero attached hydrogens (tertiary/aromatic N) is 1. The molecule has 0 aliphatic heterocycles. The highest BCUT2D eigenvalue weighted by atomic mass is 15.0. The third-order valence-corrected chi connectivity index (χ3v) is 3.42. The van der Waals surface area contributed by atoms with Crippen LogP contribution in [0.2, 0.25) is 0 Å². The first-order valence-electron chi connectivity index (χ1n) is 6.94. The molecule has 0 aliphatic rings. The maximum absolute atomic E-state index is 2.52. The fourth-order valence-corrected chi connectivity index (χ4v) is 2.41. The molecule has 0 bridgehead atoms. The summed E-state index contributed by atoms with van der Waals surface area (Å²) in [6.45, 7) is 5.69. The Morgan fingerprint density at radius 3 is 2.53 bits per heavy atom. The summed E-state index contributed by atoms with van der Waals surface area (Å²) >= 11 is 0. The smallest absolute Gasteiger partial charge is 0.0482 e. The number of unbranched alkanes of at least 4 members (excludes halogenated alkanes) is 2. The molecule has 0 fully saturated rings. The van der Waals surface area contributed by atoms with Crippen molar-refractivity contribution in [2.45, 2.75) is 52.5 Å². The van der Waals surface area contributed by atoms with Crippen molar-refractivity contribution in [2.24, 2.45) is 0 Å². The van der Waals surface area contributed by atoms with Crippen molar-refractivity contribution < 1.29 is 0 Å². The lowest BCUT2D eigenvalue weighted by molar-refractivity contribution is 0.615. The second-order valence-corrected chi connectivity index (χ2v) is 4.80. The molecule has 0 N–H and O–H groups in total. The van der Waals surface area contributed by atoms with E-state index in [0.29, 0.717) is 0 Å². The number of hydrogen-bond donors (Lipinski definition) is 0. The average molecular weight is 229 g/mol. The molecule has 0 amide bonds. The molecule has 0 atom stereocenters. The Morgan fingerprint density at radius 2 is 1.76 bits per heavy atom. The molecule has 0 unspecified atom stereocenters. The molecule has 1 aromatic heterocycles. The molecule has 17 heavy (non-hydrogen) atoms. The molecule has 1 nitrogen and oxygen atoms in total. The number of hydrogen-bond acceptors (Lipinski definition) is 0. The second-order valence-electron chi connectivity index (χ2n) is 4.80. The van der Waals surface area contributed by atoms with Gasteiger partial charge in [0.25, 0.3) is 0 Å². The van der Waals surface area contributed by atoms with Gasteiger partial charge in [-0.1, -0.05) is 44.9 Å². The fourth-order valence-electron chi connectivity index (χ4n) is 2.41. The van der Waals surface area contributed by atoms with Crippen LogP contribution >= 0.6 is 0 Å². The van der Waals surface area contributed by atoms with Crippen LogP contribution in [0.15, 0.2) is 30.3 Å². The van der Waals surface area contributed by atoms with Crippen LogP contribution in [0.4, 0.5) is 0 Å². The van der Waals surface area contributed by atoms with Gasteiger partial charge in [0, 0.05) is 17.8 Å². The van der Waals surface area contributed by atoms with Crippen molar-refractivity contribution in [2.75, 3.05) is 0 Å². The normalized spacial score (nSPS) is 11.2. The standard InChI is InChI=1S/C16H23N/c1-3-5-10-15-13-14-9-7-8-11-16(14)17(15)12-6-4-2/h7-9,11,13H,3-6,10,12H2,1-2H3. The summed E-state index contributed by atoms with van der Waals surface area (Å²) in [4.78, 5) is 0. The molecule has 0 aliphatic carbocycles. The minimum Gasteiger partial charge on any atom is -0.345 e. The molecule has 0 saturated heterocycles. The van der Waals surface area contributed by atoms with E-state index < -0.39 is 0 Å². The first kappa shape index (κ1) is 12.2. The molecule has 0 spiro atoms. The van der Waals surface area contributed by atoms with Crippen molar-refractivity contribution in [1.29, 1.82) is 0 Å². The maximum atomic E-state index is 2.52. The van der Waals surface area contributed by atoms with Gasteiger partial charge in [-0.15, -0.1) is 0 Å². The summed E-state index contributed by atoms with van der Waals surface area (Å²) in [5.41, 5.74) is 2.92. The first-order chi connectivity index (χ1) is 8.36. The predicted octanol–water partition coefficient (Wildman–Crippen LogP) is 4.78. The first-order valence-corrected chi connectivity index (χ1v) is 6.94. The quantitative estimate of drug-likeness (QED) is 0.671. The van der Waals surface area contributed by atoms with E-state index >= 15 is 0 Å². The third kappa shape index (κ3) is 2.71. The number of benzene rings is 1. The van der Waals surface area contributed by atoms with Crippen molar-refractivity contribution >= 4 is 10.9 Å². The van der Waals surface area contributed by atoms with Gasteiger partial charge < -0.3 is 4.57 Å². The van der Waals surface area contributed by atoms with E-state index in [1.807, 2.05) is 0 Å². The highest BCUT2D eigenvalue weighted by molar-refractivity contribution is 5.81. The van der Waals surface area contributed by atoms with Crippen LogP contribution in [-0.4, -0.2) is 4.57 Å². The summed E-state index contributed by atoms with van der Waals surface area (Å²) in [5, 5.41) is 1.40. The molecule has 2 aromatic rings. The van der Waals surface area contributed by atoms with Gasteiger partial charge in [0.1, 0.15) is 0 Å². The topological polar surface area (TPSA) is 4.93 Å². The molecule has 2 rings (SSSR count). The van der Waals surface area contributed by atoms with Crippen LogP contribution in [0.5, 0.6) is 0 Å². The van der Waals surface area contributed by atoms with Gasteiger partial charge in [-0.05, 0) is 36.8 Å². The van der Waals surface area contributed by atoms with E-state index in [0.717, 1.165) is 0 Å². The second kappa shape index (κ2) is 5.90. The Bertz CT molecular complexity index is 467. The SMILES string of the molecule is CCCCc1cc2ccccc2n1CCCC. The van der Waals surface area contributed by atoms with E-state index in [1.54, 1.807) is 0 Å². The van der Waals surface area contributed by atoms with Crippen LogP contribution in [0.25, 0.3) is 10.9 Å². The monoisotopic (exact) mass is 229 g/mol. The summed E-state index contributed by atoms with van der Waals surface area (Å²) in [5.74, 6) is 0. The van der Waals surface area contributed by atoms with E-state index in [4.69, 9.17) is 0 Å². The van der Waals surface area contributed by atoms with Gasteiger partial charge in [0.2, 0.25) is 0 Å². The van der Waals surface area contributed by atoms with Gasteiger partial charge >= 0.3 is 0 Å². The van der Waals surface area contributed by atoms with E-state index in [-0.39, 0.29) is 0 Å². The number of rotatable bonds is 6. The molecule has 0 saturated carbocycles. The lowest BCUT2D eigenvalue weighted by Gasteiger charge is -2.09. The van der Waals surface area contributed by atoms with Crippen LogP contribution in [-0.2, 0) is 13.0 Å².